The second-order valence-corrected chi connectivity index (χ2v) is 6.95. The zero-order valence-corrected chi connectivity index (χ0v) is 15.0. The van der Waals surface area contributed by atoms with E-state index in [0.29, 0.717) is 22.4 Å². The van der Waals surface area contributed by atoms with Crippen LogP contribution in [0.1, 0.15) is 50.9 Å². The van der Waals surface area contributed by atoms with E-state index in [1.807, 2.05) is 30.3 Å². The van der Waals surface area contributed by atoms with Crippen molar-refractivity contribution in [3.8, 4) is 0 Å². The molecule has 0 saturated carbocycles. The van der Waals surface area contributed by atoms with Gasteiger partial charge in [-0.15, -0.1) is 0 Å². The van der Waals surface area contributed by atoms with Gasteiger partial charge in [0.25, 0.3) is 0 Å². The Morgan fingerprint density at radius 3 is 2.26 bits per heavy atom. The smallest absolute Gasteiger partial charge is 0.212 e. The molecule has 0 spiro atoms. The SMILES string of the molecule is CCCc1c2c(nc3c1ccc1ccccc13)C(=O)c1ccccc1C2=O. The number of hydrogen-bond donors (Lipinski definition) is 0. The molecule has 130 valence electrons. The summed E-state index contributed by atoms with van der Waals surface area (Å²) < 4.78 is 0. The van der Waals surface area contributed by atoms with Crippen molar-refractivity contribution >= 4 is 33.2 Å². The van der Waals surface area contributed by atoms with Crippen LogP contribution in [-0.2, 0) is 6.42 Å². The third-order valence-electron chi connectivity index (χ3n) is 5.35. The summed E-state index contributed by atoms with van der Waals surface area (Å²) in [6.45, 7) is 2.09. The van der Waals surface area contributed by atoms with E-state index in [1.54, 1.807) is 24.3 Å². The number of fused-ring (bicyclic) bond motifs is 5. The minimum atomic E-state index is -0.160. The molecule has 0 fully saturated rings. The van der Waals surface area contributed by atoms with Gasteiger partial charge in [-0.2, -0.15) is 0 Å². The predicted molar refractivity (Wildman–Crippen MR) is 107 cm³/mol. The number of ketones is 2. The van der Waals surface area contributed by atoms with Crippen LogP contribution in [0.3, 0.4) is 0 Å². The number of carbonyl (C=O) groups excluding carboxylic acids is 2. The van der Waals surface area contributed by atoms with E-state index in [2.05, 4.69) is 13.0 Å². The number of nitrogens with zero attached hydrogens (tertiary/aromatic N) is 1. The lowest BCUT2D eigenvalue weighted by Crippen LogP contribution is -2.24. The van der Waals surface area contributed by atoms with Crippen LogP contribution in [0.25, 0.3) is 21.7 Å². The molecule has 0 bridgehead atoms. The fourth-order valence-electron chi connectivity index (χ4n) is 4.12. The van der Waals surface area contributed by atoms with Crippen molar-refractivity contribution in [1.82, 2.24) is 4.98 Å². The molecular formula is C24H17NO2. The third-order valence-corrected chi connectivity index (χ3v) is 5.35. The molecule has 0 radical (unpaired) electrons. The minimum absolute atomic E-state index is 0.0915. The molecule has 1 heterocycles. The van der Waals surface area contributed by atoms with Gasteiger partial charge in [0, 0.05) is 21.9 Å². The van der Waals surface area contributed by atoms with Crippen LogP contribution >= 0.6 is 0 Å². The lowest BCUT2D eigenvalue weighted by atomic mass is 9.82. The first kappa shape index (κ1) is 15.9. The van der Waals surface area contributed by atoms with Crippen LogP contribution in [0, 0.1) is 0 Å². The van der Waals surface area contributed by atoms with Gasteiger partial charge in [0.15, 0.2) is 5.78 Å². The zero-order chi connectivity index (χ0) is 18.5. The molecule has 4 aromatic rings. The molecule has 0 unspecified atom stereocenters. The van der Waals surface area contributed by atoms with Crippen LogP contribution in [0.4, 0.5) is 0 Å². The highest BCUT2D eigenvalue weighted by molar-refractivity contribution is 6.29. The third kappa shape index (κ3) is 2.18. The fraction of sp³-hybridized carbons (Fsp3) is 0.125. The molecule has 1 aliphatic rings. The molecule has 0 amide bonds. The van der Waals surface area contributed by atoms with Gasteiger partial charge in [0.05, 0.1) is 11.1 Å². The van der Waals surface area contributed by atoms with Crippen molar-refractivity contribution in [1.29, 1.82) is 0 Å². The van der Waals surface area contributed by atoms with Gasteiger partial charge in [-0.1, -0.05) is 74.0 Å². The van der Waals surface area contributed by atoms with E-state index in [9.17, 15) is 9.59 Å². The predicted octanol–water partition coefficient (Wildman–Crippen LogP) is 5.12. The highest BCUT2D eigenvalue weighted by Gasteiger charge is 2.33. The Morgan fingerprint density at radius 2 is 1.48 bits per heavy atom. The highest BCUT2D eigenvalue weighted by Crippen LogP contribution is 2.35. The number of aromatic nitrogens is 1. The van der Waals surface area contributed by atoms with E-state index >= 15 is 0 Å². The van der Waals surface area contributed by atoms with Crippen LogP contribution in [0.2, 0.25) is 0 Å². The molecule has 1 aliphatic carbocycles. The minimum Gasteiger partial charge on any atom is -0.288 e. The van der Waals surface area contributed by atoms with Crippen molar-refractivity contribution in [3.05, 3.63) is 88.6 Å². The average molecular weight is 351 g/mol. The molecule has 3 aromatic carbocycles. The maximum absolute atomic E-state index is 13.3. The number of hydrogen-bond acceptors (Lipinski definition) is 3. The zero-order valence-electron chi connectivity index (χ0n) is 15.0. The first-order valence-electron chi connectivity index (χ1n) is 9.23. The summed E-state index contributed by atoms with van der Waals surface area (Å²) in [6, 6.07) is 19.2. The average Bonchev–Trinajstić information content (AvgIpc) is 2.71. The van der Waals surface area contributed by atoms with Gasteiger partial charge in [0.2, 0.25) is 5.78 Å². The van der Waals surface area contributed by atoms with Crippen LogP contribution in [-0.4, -0.2) is 16.6 Å². The van der Waals surface area contributed by atoms with Crippen LogP contribution in [0.15, 0.2) is 60.7 Å². The molecule has 0 saturated heterocycles. The van der Waals surface area contributed by atoms with E-state index in [4.69, 9.17) is 4.98 Å². The van der Waals surface area contributed by atoms with Crippen molar-refractivity contribution in [2.24, 2.45) is 0 Å². The van der Waals surface area contributed by atoms with Gasteiger partial charge in [-0.25, -0.2) is 4.98 Å². The quantitative estimate of drug-likeness (QED) is 0.415. The molecule has 1 aromatic heterocycles. The molecule has 5 rings (SSSR count). The maximum atomic E-state index is 13.3. The van der Waals surface area contributed by atoms with Crippen molar-refractivity contribution in [2.45, 2.75) is 19.8 Å². The summed E-state index contributed by atoms with van der Waals surface area (Å²) in [7, 11) is 0. The monoisotopic (exact) mass is 351 g/mol. The number of aryl methyl sites for hydroxylation is 1. The molecule has 3 heteroatoms. The fourth-order valence-corrected chi connectivity index (χ4v) is 4.12. The summed E-state index contributed by atoms with van der Waals surface area (Å²) in [6.07, 6.45) is 1.63. The van der Waals surface area contributed by atoms with Crippen molar-refractivity contribution < 1.29 is 9.59 Å². The summed E-state index contributed by atoms with van der Waals surface area (Å²) in [5, 5.41) is 3.05. The van der Waals surface area contributed by atoms with Gasteiger partial charge in [0.1, 0.15) is 5.69 Å². The number of benzene rings is 3. The standard InChI is InChI=1S/C24H17NO2/c1-2-7-16-17-13-12-14-8-3-4-9-15(14)21(17)25-22-20(16)23(26)18-10-5-6-11-19(18)24(22)27/h3-6,8-13H,2,7H2,1H3. The van der Waals surface area contributed by atoms with Gasteiger partial charge < -0.3 is 0 Å². The Bertz CT molecular complexity index is 1270. The molecule has 3 nitrogen and oxygen atoms in total. The molecule has 27 heavy (non-hydrogen) atoms. The summed E-state index contributed by atoms with van der Waals surface area (Å²) >= 11 is 0. The maximum Gasteiger partial charge on any atom is 0.212 e. The van der Waals surface area contributed by atoms with Crippen LogP contribution < -0.4 is 0 Å². The molecular weight excluding hydrogens is 334 g/mol. The summed E-state index contributed by atoms with van der Waals surface area (Å²) in [5.41, 5.74) is 3.46. The second-order valence-electron chi connectivity index (χ2n) is 6.95. The summed E-state index contributed by atoms with van der Waals surface area (Å²) in [4.78, 5) is 31.2. The van der Waals surface area contributed by atoms with E-state index < -0.39 is 0 Å². The molecule has 0 N–H and O–H groups in total. The van der Waals surface area contributed by atoms with Gasteiger partial charge >= 0.3 is 0 Å². The lowest BCUT2D eigenvalue weighted by molar-refractivity contribution is 0.0975. The second kappa shape index (κ2) is 5.85. The van der Waals surface area contributed by atoms with E-state index in [0.717, 1.165) is 40.1 Å². The first-order chi connectivity index (χ1) is 13.2. The van der Waals surface area contributed by atoms with Crippen LogP contribution in [0.5, 0.6) is 0 Å². The van der Waals surface area contributed by atoms with E-state index in [1.165, 1.54) is 0 Å². The van der Waals surface area contributed by atoms with Gasteiger partial charge in [-0.05, 0) is 17.4 Å². The number of rotatable bonds is 2. The normalized spacial score (nSPS) is 13.1. The molecule has 0 aliphatic heterocycles. The Kier molecular flexibility index (Phi) is 3.44. The number of pyridine rings is 1. The van der Waals surface area contributed by atoms with E-state index in [-0.39, 0.29) is 11.6 Å². The Balaban J connectivity index is 1.94. The van der Waals surface area contributed by atoms with Gasteiger partial charge in [-0.3, -0.25) is 9.59 Å². The Labute approximate surface area is 156 Å². The Hall–Kier alpha value is -3.33. The Morgan fingerprint density at radius 1 is 0.778 bits per heavy atom. The van der Waals surface area contributed by atoms with Crippen molar-refractivity contribution in [2.75, 3.05) is 0 Å². The number of carbonyl (C=O) groups is 2. The first-order valence-corrected chi connectivity index (χ1v) is 9.23. The summed E-state index contributed by atoms with van der Waals surface area (Å²) in [5.74, 6) is -0.251. The topological polar surface area (TPSA) is 47.0 Å². The largest absolute Gasteiger partial charge is 0.288 e. The van der Waals surface area contributed by atoms with Crippen molar-refractivity contribution in [3.63, 3.8) is 0 Å². The lowest BCUT2D eigenvalue weighted by Gasteiger charge is -2.21. The highest BCUT2D eigenvalue weighted by atomic mass is 16.1. The molecule has 0 atom stereocenters.